The van der Waals surface area contributed by atoms with Gasteiger partial charge in [0.25, 0.3) is 0 Å². The molecule has 0 saturated heterocycles. The minimum absolute atomic E-state index is 0. The smallest absolute Gasteiger partial charge is 0.126 e. The number of rotatable bonds is 4. The molecule has 0 N–H and O–H groups in total. The molecule has 0 aromatic heterocycles. The molecule has 0 amide bonds. The highest BCUT2D eigenvalue weighted by molar-refractivity contribution is 5.22. The summed E-state index contributed by atoms with van der Waals surface area (Å²) in [6.45, 7) is 8.11. The molecule has 0 spiro atoms. The fraction of sp³-hybridized carbons (Fsp3) is 0.500. The Kier molecular flexibility index (Phi) is 18.3. The highest BCUT2D eigenvalue weighted by Crippen LogP contribution is 2.10. The predicted molar refractivity (Wildman–Crippen MR) is 64.7 cm³/mol. The van der Waals surface area contributed by atoms with E-state index < -0.39 is 0 Å². The molecule has 0 atom stereocenters. The van der Waals surface area contributed by atoms with Crippen molar-refractivity contribution in [3.63, 3.8) is 0 Å². The van der Waals surface area contributed by atoms with Crippen molar-refractivity contribution in [1.82, 2.24) is 0 Å². The summed E-state index contributed by atoms with van der Waals surface area (Å²) in [5.41, 5.74) is 0. The van der Waals surface area contributed by atoms with E-state index in [0.29, 0.717) is 12.4 Å². The summed E-state index contributed by atoms with van der Waals surface area (Å²) in [4.78, 5) is 0. The number of hydrogen-bond donors (Lipinski definition) is 0. The highest BCUT2D eigenvalue weighted by Gasteiger charge is 1.91. The largest absolute Gasteiger partial charge is 0.494 e. The van der Waals surface area contributed by atoms with Crippen molar-refractivity contribution < 1.29 is 23.3 Å². The molecule has 0 unspecified atom stereocenters. The second-order valence-corrected chi connectivity index (χ2v) is 2.67. The van der Waals surface area contributed by atoms with Crippen molar-refractivity contribution in [2.24, 2.45) is 0 Å². The van der Waals surface area contributed by atoms with Crippen LogP contribution in [0.3, 0.4) is 0 Å². The molecular weight excluding hydrogens is 233 g/mol. The van der Waals surface area contributed by atoms with Gasteiger partial charge in [0.15, 0.2) is 0 Å². The van der Waals surface area contributed by atoms with E-state index in [1.807, 2.05) is 20.8 Å². The van der Waals surface area contributed by atoms with Crippen molar-refractivity contribution in [3.05, 3.63) is 30.1 Å². The maximum atomic E-state index is 12.4. The van der Waals surface area contributed by atoms with Crippen LogP contribution in [0.5, 0.6) is 5.75 Å². The van der Waals surface area contributed by atoms with Gasteiger partial charge in [-0.25, -0.2) is 4.39 Å². The Morgan fingerprint density at radius 3 is 1.94 bits per heavy atom. The lowest BCUT2D eigenvalue weighted by Crippen LogP contribution is -1.90. The SMILES string of the molecule is CCOCC.CCOc1cccc(F)c1.F.F. The van der Waals surface area contributed by atoms with E-state index in [4.69, 9.17) is 9.47 Å². The minimum Gasteiger partial charge on any atom is -0.494 e. The van der Waals surface area contributed by atoms with Crippen LogP contribution in [-0.4, -0.2) is 19.8 Å². The molecule has 102 valence electrons. The zero-order valence-corrected chi connectivity index (χ0v) is 10.4. The molecule has 0 bridgehead atoms. The number of hydrogen-bond acceptors (Lipinski definition) is 2. The van der Waals surface area contributed by atoms with Gasteiger partial charge >= 0.3 is 0 Å². The van der Waals surface area contributed by atoms with Gasteiger partial charge in [0.2, 0.25) is 0 Å². The lowest BCUT2D eigenvalue weighted by molar-refractivity contribution is 0.162. The van der Waals surface area contributed by atoms with E-state index >= 15 is 0 Å². The first kappa shape index (κ1) is 21.1. The van der Waals surface area contributed by atoms with Crippen molar-refractivity contribution in [1.29, 1.82) is 0 Å². The number of halogens is 3. The molecule has 0 aliphatic heterocycles. The second kappa shape index (κ2) is 14.8. The molecule has 0 radical (unpaired) electrons. The van der Waals surface area contributed by atoms with Crippen LogP contribution in [-0.2, 0) is 4.74 Å². The standard InChI is InChI=1S/C8H9FO.C4H10O.2FH/c1-2-10-8-5-3-4-7(9)6-8;1-3-5-4-2;;/h3-6H,2H2,1H3;3-4H2,1-2H3;2*1H. The Bertz CT molecular complexity index is 255. The molecule has 17 heavy (non-hydrogen) atoms. The van der Waals surface area contributed by atoms with Crippen LogP contribution < -0.4 is 4.74 Å². The van der Waals surface area contributed by atoms with Crippen molar-refractivity contribution in [2.45, 2.75) is 20.8 Å². The van der Waals surface area contributed by atoms with Gasteiger partial charge in [-0.05, 0) is 32.9 Å². The Labute approximate surface area is 100 Å². The molecule has 0 aliphatic carbocycles. The monoisotopic (exact) mass is 254 g/mol. The highest BCUT2D eigenvalue weighted by atomic mass is 19.1. The van der Waals surface area contributed by atoms with E-state index in [1.165, 1.54) is 12.1 Å². The van der Waals surface area contributed by atoms with Crippen molar-refractivity contribution >= 4 is 0 Å². The predicted octanol–water partition coefficient (Wildman–Crippen LogP) is 3.57. The van der Waals surface area contributed by atoms with Gasteiger partial charge in [0.1, 0.15) is 11.6 Å². The normalized spacial score (nSPS) is 8.00. The topological polar surface area (TPSA) is 18.5 Å². The lowest BCUT2D eigenvalue weighted by Gasteiger charge is -2.00. The van der Waals surface area contributed by atoms with E-state index in [0.717, 1.165) is 13.2 Å². The van der Waals surface area contributed by atoms with E-state index in [-0.39, 0.29) is 15.2 Å². The third-order valence-electron chi connectivity index (χ3n) is 1.52. The van der Waals surface area contributed by atoms with Crippen LogP contribution in [0.2, 0.25) is 0 Å². The third-order valence-corrected chi connectivity index (χ3v) is 1.52. The fourth-order valence-electron chi connectivity index (χ4n) is 0.928. The Balaban J connectivity index is -0.000000247. The molecular formula is C12H21F3O2. The molecule has 0 saturated carbocycles. The Morgan fingerprint density at radius 1 is 1.00 bits per heavy atom. The first-order chi connectivity index (χ1) is 7.24. The number of benzene rings is 1. The minimum atomic E-state index is -0.258. The van der Waals surface area contributed by atoms with Crippen LogP contribution in [0.1, 0.15) is 20.8 Å². The summed E-state index contributed by atoms with van der Waals surface area (Å²) in [7, 11) is 0. The lowest BCUT2D eigenvalue weighted by atomic mass is 10.3. The molecule has 2 nitrogen and oxygen atoms in total. The van der Waals surface area contributed by atoms with Gasteiger partial charge in [-0.15, -0.1) is 0 Å². The number of ether oxygens (including phenoxy) is 2. The maximum absolute atomic E-state index is 12.4. The second-order valence-electron chi connectivity index (χ2n) is 2.67. The van der Waals surface area contributed by atoms with E-state index in [2.05, 4.69) is 0 Å². The van der Waals surface area contributed by atoms with Crippen LogP contribution >= 0.6 is 0 Å². The summed E-state index contributed by atoms with van der Waals surface area (Å²) in [5.74, 6) is 0.327. The molecule has 0 heterocycles. The zero-order chi connectivity index (χ0) is 11.5. The molecule has 1 rings (SSSR count). The van der Waals surface area contributed by atoms with Crippen LogP contribution in [0, 0.1) is 5.82 Å². The summed E-state index contributed by atoms with van der Waals surface area (Å²) in [6, 6.07) is 6.11. The molecule has 0 fully saturated rings. The van der Waals surface area contributed by atoms with Crippen LogP contribution in [0.25, 0.3) is 0 Å². The van der Waals surface area contributed by atoms with Crippen molar-refractivity contribution in [2.75, 3.05) is 19.8 Å². The zero-order valence-electron chi connectivity index (χ0n) is 10.4. The van der Waals surface area contributed by atoms with E-state index in [1.54, 1.807) is 12.1 Å². The first-order valence-electron chi connectivity index (χ1n) is 5.20. The summed E-state index contributed by atoms with van der Waals surface area (Å²) in [6.07, 6.45) is 0. The van der Waals surface area contributed by atoms with Crippen LogP contribution in [0.4, 0.5) is 13.8 Å². The summed E-state index contributed by atoms with van der Waals surface area (Å²) < 4.78 is 22.3. The van der Waals surface area contributed by atoms with Gasteiger partial charge in [-0.3, -0.25) is 9.41 Å². The Morgan fingerprint density at radius 2 is 1.59 bits per heavy atom. The Hall–Kier alpha value is -1.23. The van der Waals surface area contributed by atoms with Gasteiger partial charge in [0.05, 0.1) is 6.61 Å². The first-order valence-corrected chi connectivity index (χ1v) is 5.20. The molecule has 5 heteroatoms. The van der Waals surface area contributed by atoms with Gasteiger partial charge in [0, 0.05) is 19.3 Å². The van der Waals surface area contributed by atoms with E-state index in [9.17, 15) is 4.39 Å². The summed E-state index contributed by atoms with van der Waals surface area (Å²) >= 11 is 0. The van der Waals surface area contributed by atoms with Gasteiger partial charge < -0.3 is 9.47 Å². The van der Waals surface area contributed by atoms with Gasteiger partial charge in [-0.2, -0.15) is 0 Å². The fourth-order valence-corrected chi connectivity index (χ4v) is 0.928. The maximum Gasteiger partial charge on any atom is 0.126 e. The van der Waals surface area contributed by atoms with Gasteiger partial charge in [-0.1, -0.05) is 6.07 Å². The molecule has 1 aromatic carbocycles. The quantitative estimate of drug-likeness (QED) is 0.817. The molecule has 1 aromatic rings. The average Bonchev–Trinajstić information content (AvgIpc) is 2.20. The summed E-state index contributed by atoms with van der Waals surface area (Å²) in [5, 5.41) is 0. The van der Waals surface area contributed by atoms with Crippen LogP contribution in [0.15, 0.2) is 24.3 Å². The van der Waals surface area contributed by atoms with Crippen molar-refractivity contribution in [3.8, 4) is 5.75 Å². The average molecular weight is 254 g/mol. The molecule has 0 aliphatic rings. The third kappa shape index (κ3) is 12.7.